The molecule has 0 aliphatic carbocycles. The Morgan fingerprint density at radius 2 is 2.21 bits per heavy atom. The predicted octanol–water partition coefficient (Wildman–Crippen LogP) is 2.36. The summed E-state index contributed by atoms with van der Waals surface area (Å²) in [6.07, 6.45) is 3.92. The molecule has 2 aromatic heterocycles. The van der Waals surface area contributed by atoms with Crippen molar-refractivity contribution in [1.82, 2.24) is 15.4 Å². The molecule has 0 aliphatic rings. The molecule has 0 radical (unpaired) electrons. The summed E-state index contributed by atoms with van der Waals surface area (Å²) in [5, 5.41) is 15.7. The van der Waals surface area contributed by atoms with Crippen LogP contribution in [0, 0.1) is 13.8 Å². The Morgan fingerprint density at radius 1 is 1.42 bits per heavy atom. The van der Waals surface area contributed by atoms with Gasteiger partial charge in [-0.2, -0.15) is 0 Å². The lowest BCUT2D eigenvalue weighted by molar-refractivity contribution is -0.111. The zero-order valence-corrected chi connectivity index (χ0v) is 11.7. The van der Waals surface area contributed by atoms with E-state index in [0.29, 0.717) is 10.9 Å². The number of carbonyl (C=O) groups excluding carboxylic acids is 1. The molecule has 0 saturated carbocycles. The number of nitrogens with one attached hydrogen (secondary N) is 1. The molecule has 0 unspecified atom stereocenters. The van der Waals surface area contributed by atoms with Crippen molar-refractivity contribution >= 4 is 28.5 Å². The second-order valence-electron chi connectivity index (χ2n) is 3.91. The quantitative estimate of drug-likeness (QED) is 0.868. The van der Waals surface area contributed by atoms with E-state index >= 15 is 0 Å². The maximum atomic E-state index is 11.7. The van der Waals surface area contributed by atoms with Crippen LogP contribution in [0.1, 0.15) is 28.9 Å². The summed E-state index contributed by atoms with van der Waals surface area (Å²) in [6.45, 7) is 5.62. The van der Waals surface area contributed by atoms with Gasteiger partial charge in [0.15, 0.2) is 0 Å². The monoisotopic (exact) mass is 278 g/mol. The van der Waals surface area contributed by atoms with Gasteiger partial charge in [-0.1, -0.05) is 23.4 Å². The van der Waals surface area contributed by atoms with Gasteiger partial charge in [0.05, 0.1) is 5.69 Å². The zero-order valence-electron chi connectivity index (χ0n) is 10.9. The number of carbonyl (C=O) groups is 1. The molecule has 6 nitrogen and oxygen atoms in total. The minimum atomic E-state index is -0.251. The van der Waals surface area contributed by atoms with Crippen molar-refractivity contribution in [3.05, 3.63) is 28.1 Å². The first-order valence-electron chi connectivity index (χ1n) is 5.84. The minimum absolute atomic E-state index is 0.251. The Balaban J connectivity index is 2.01. The third-order valence-corrected chi connectivity index (χ3v) is 3.47. The summed E-state index contributed by atoms with van der Waals surface area (Å²) >= 11 is 1.37. The summed E-state index contributed by atoms with van der Waals surface area (Å²) < 4.78 is 5.01. The fraction of sp³-hybridized carbons (Fsp3) is 0.333. The number of rotatable bonds is 4. The van der Waals surface area contributed by atoms with Crippen LogP contribution in [0.2, 0.25) is 0 Å². The van der Waals surface area contributed by atoms with Crippen molar-refractivity contribution in [2.24, 2.45) is 0 Å². The smallest absolute Gasteiger partial charge is 0.250 e. The van der Waals surface area contributed by atoms with Crippen LogP contribution in [0.3, 0.4) is 0 Å². The van der Waals surface area contributed by atoms with Crippen LogP contribution < -0.4 is 5.32 Å². The lowest BCUT2D eigenvalue weighted by Crippen LogP contribution is -2.07. The van der Waals surface area contributed by atoms with E-state index in [1.807, 2.05) is 13.8 Å². The maximum Gasteiger partial charge on any atom is 0.250 e. The van der Waals surface area contributed by atoms with E-state index in [4.69, 9.17) is 4.52 Å². The van der Waals surface area contributed by atoms with E-state index in [2.05, 4.69) is 20.7 Å². The topological polar surface area (TPSA) is 80.9 Å². The molecular weight excluding hydrogens is 264 g/mol. The largest absolute Gasteiger partial charge is 0.361 e. The molecule has 2 heterocycles. The molecule has 0 bridgehead atoms. The highest BCUT2D eigenvalue weighted by molar-refractivity contribution is 7.15. The van der Waals surface area contributed by atoms with Gasteiger partial charge in [0.1, 0.15) is 10.8 Å². The number of hydrogen-bond acceptors (Lipinski definition) is 6. The van der Waals surface area contributed by atoms with E-state index in [9.17, 15) is 4.79 Å². The van der Waals surface area contributed by atoms with Crippen LogP contribution in [-0.4, -0.2) is 21.3 Å². The molecule has 7 heteroatoms. The van der Waals surface area contributed by atoms with Crippen LogP contribution in [0.4, 0.5) is 5.13 Å². The second-order valence-corrected chi connectivity index (χ2v) is 4.98. The first-order chi connectivity index (χ1) is 9.10. The highest BCUT2D eigenvalue weighted by atomic mass is 32.1. The summed E-state index contributed by atoms with van der Waals surface area (Å²) in [4.78, 5) is 11.7. The van der Waals surface area contributed by atoms with Crippen molar-refractivity contribution in [3.8, 4) is 0 Å². The SMILES string of the molecule is CCc1nnc(NC(=O)/C=C/c2c(C)noc2C)s1. The van der Waals surface area contributed by atoms with Crippen LogP contribution in [-0.2, 0) is 11.2 Å². The van der Waals surface area contributed by atoms with Crippen LogP contribution in [0.5, 0.6) is 0 Å². The first-order valence-corrected chi connectivity index (χ1v) is 6.66. The molecule has 2 aromatic rings. The highest BCUT2D eigenvalue weighted by Crippen LogP contribution is 2.16. The van der Waals surface area contributed by atoms with Gasteiger partial charge in [-0.05, 0) is 26.3 Å². The molecule has 0 spiro atoms. The lowest BCUT2D eigenvalue weighted by Gasteiger charge is -1.94. The van der Waals surface area contributed by atoms with Gasteiger partial charge in [0.25, 0.3) is 0 Å². The number of nitrogens with zero attached hydrogens (tertiary/aromatic N) is 3. The third-order valence-electron chi connectivity index (χ3n) is 2.49. The average molecular weight is 278 g/mol. The third kappa shape index (κ3) is 3.25. The molecule has 1 amide bonds. The molecule has 100 valence electrons. The minimum Gasteiger partial charge on any atom is -0.361 e. The van der Waals surface area contributed by atoms with E-state index in [1.54, 1.807) is 13.0 Å². The Hall–Kier alpha value is -2.02. The molecule has 0 atom stereocenters. The van der Waals surface area contributed by atoms with E-state index < -0.39 is 0 Å². The average Bonchev–Trinajstić information content (AvgIpc) is 2.95. The first kappa shape index (κ1) is 13.4. The number of aryl methyl sites for hydroxylation is 3. The maximum absolute atomic E-state index is 11.7. The standard InChI is InChI=1S/C12H14N4O2S/c1-4-11-14-15-12(19-11)13-10(17)6-5-9-7(2)16-18-8(9)3/h5-6H,4H2,1-3H3,(H,13,15,17)/b6-5+. The zero-order chi connectivity index (χ0) is 13.8. The lowest BCUT2D eigenvalue weighted by atomic mass is 10.2. The van der Waals surface area contributed by atoms with E-state index in [0.717, 1.165) is 22.7 Å². The van der Waals surface area contributed by atoms with Crippen molar-refractivity contribution < 1.29 is 9.32 Å². The highest BCUT2D eigenvalue weighted by Gasteiger charge is 2.07. The summed E-state index contributed by atoms with van der Waals surface area (Å²) in [5.74, 6) is 0.435. The normalized spacial score (nSPS) is 11.1. The second kappa shape index (κ2) is 5.75. The summed E-state index contributed by atoms with van der Waals surface area (Å²) in [7, 11) is 0. The summed E-state index contributed by atoms with van der Waals surface area (Å²) in [5.41, 5.74) is 1.58. The van der Waals surface area contributed by atoms with Gasteiger partial charge < -0.3 is 4.52 Å². The van der Waals surface area contributed by atoms with Gasteiger partial charge in [0, 0.05) is 11.6 Å². The van der Waals surface area contributed by atoms with Crippen molar-refractivity contribution in [2.75, 3.05) is 5.32 Å². The molecule has 19 heavy (non-hydrogen) atoms. The van der Waals surface area contributed by atoms with Gasteiger partial charge in [-0.25, -0.2) is 0 Å². The Morgan fingerprint density at radius 3 is 2.79 bits per heavy atom. The van der Waals surface area contributed by atoms with E-state index in [-0.39, 0.29) is 5.91 Å². The molecular formula is C12H14N4O2S. The Kier molecular flexibility index (Phi) is 4.06. The Labute approximate surface area is 114 Å². The van der Waals surface area contributed by atoms with Crippen molar-refractivity contribution in [1.29, 1.82) is 0 Å². The van der Waals surface area contributed by atoms with E-state index in [1.165, 1.54) is 17.4 Å². The fourth-order valence-corrected chi connectivity index (χ4v) is 2.16. The van der Waals surface area contributed by atoms with Gasteiger partial charge >= 0.3 is 0 Å². The van der Waals surface area contributed by atoms with Gasteiger partial charge in [-0.15, -0.1) is 10.2 Å². The number of amides is 1. The van der Waals surface area contributed by atoms with Crippen molar-refractivity contribution in [3.63, 3.8) is 0 Å². The molecule has 2 rings (SSSR count). The van der Waals surface area contributed by atoms with Crippen molar-refractivity contribution in [2.45, 2.75) is 27.2 Å². The number of anilines is 1. The molecule has 0 saturated heterocycles. The van der Waals surface area contributed by atoms with Crippen LogP contribution in [0.25, 0.3) is 6.08 Å². The molecule has 0 aliphatic heterocycles. The molecule has 1 N–H and O–H groups in total. The van der Waals surface area contributed by atoms with Gasteiger partial charge in [-0.3, -0.25) is 10.1 Å². The molecule has 0 aromatic carbocycles. The number of hydrogen-bond donors (Lipinski definition) is 1. The van der Waals surface area contributed by atoms with Crippen LogP contribution in [0.15, 0.2) is 10.6 Å². The fourth-order valence-electron chi connectivity index (χ4n) is 1.48. The Bertz CT molecular complexity index is 596. The number of aromatic nitrogens is 3. The predicted molar refractivity (Wildman–Crippen MR) is 72.9 cm³/mol. The van der Waals surface area contributed by atoms with Crippen LogP contribution >= 0.6 is 11.3 Å². The molecule has 0 fully saturated rings. The summed E-state index contributed by atoms with van der Waals surface area (Å²) in [6, 6.07) is 0. The van der Waals surface area contributed by atoms with Gasteiger partial charge in [0.2, 0.25) is 11.0 Å².